The Labute approximate surface area is 141 Å². The van der Waals surface area contributed by atoms with Gasteiger partial charge in [0.2, 0.25) is 0 Å². The molecule has 0 bridgehead atoms. The predicted molar refractivity (Wildman–Crippen MR) is 95.8 cm³/mol. The van der Waals surface area contributed by atoms with Crippen LogP contribution >= 0.6 is 0 Å². The maximum Gasteiger partial charge on any atom is 0.118 e. The lowest BCUT2D eigenvalue weighted by Gasteiger charge is -2.39. The van der Waals surface area contributed by atoms with E-state index in [9.17, 15) is 0 Å². The monoisotopic (exact) mass is 316 g/mol. The van der Waals surface area contributed by atoms with E-state index in [-0.39, 0.29) is 0 Å². The van der Waals surface area contributed by atoms with Crippen molar-refractivity contribution in [2.24, 2.45) is 17.6 Å². The molecule has 2 atom stereocenters. The molecule has 128 valence electrons. The molecule has 2 unspecified atom stereocenters. The van der Waals surface area contributed by atoms with Crippen LogP contribution in [0, 0.1) is 11.8 Å². The molecule has 2 aliphatic rings. The molecule has 1 saturated carbocycles. The summed E-state index contributed by atoms with van der Waals surface area (Å²) in [4.78, 5) is 2.65. The van der Waals surface area contributed by atoms with Crippen LogP contribution in [0.3, 0.4) is 0 Å². The quantitative estimate of drug-likeness (QED) is 0.904. The Balaban J connectivity index is 1.54. The third kappa shape index (κ3) is 4.95. The van der Waals surface area contributed by atoms with Crippen molar-refractivity contribution in [3.63, 3.8) is 0 Å². The predicted octanol–water partition coefficient (Wildman–Crippen LogP) is 3.47. The molecule has 1 heterocycles. The van der Waals surface area contributed by atoms with Crippen LogP contribution in [0.15, 0.2) is 24.3 Å². The number of methoxy groups -OCH3 is 1. The van der Waals surface area contributed by atoms with Crippen LogP contribution in [0.1, 0.15) is 44.1 Å². The van der Waals surface area contributed by atoms with E-state index in [2.05, 4.69) is 29.2 Å². The fourth-order valence-corrected chi connectivity index (χ4v) is 4.48. The van der Waals surface area contributed by atoms with Crippen LogP contribution in [0.4, 0.5) is 0 Å². The van der Waals surface area contributed by atoms with Crippen LogP contribution in [-0.2, 0) is 6.42 Å². The highest BCUT2D eigenvalue weighted by molar-refractivity contribution is 5.27. The van der Waals surface area contributed by atoms with E-state index >= 15 is 0 Å². The van der Waals surface area contributed by atoms with Gasteiger partial charge in [0.05, 0.1) is 7.11 Å². The standard InChI is InChI=1S/C20H32N2O/c1-23-20-9-7-16(8-10-20)11-18-12-19(21)15-22(14-18)13-17-5-3-2-4-6-17/h7-10,17-19H,2-6,11-15,21H2,1H3. The van der Waals surface area contributed by atoms with E-state index in [1.54, 1.807) is 7.11 Å². The van der Waals surface area contributed by atoms with E-state index in [0.717, 1.165) is 31.1 Å². The number of piperidine rings is 1. The van der Waals surface area contributed by atoms with Gasteiger partial charge in [-0.15, -0.1) is 0 Å². The first-order valence-corrected chi connectivity index (χ1v) is 9.34. The highest BCUT2D eigenvalue weighted by atomic mass is 16.5. The van der Waals surface area contributed by atoms with E-state index < -0.39 is 0 Å². The minimum atomic E-state index is 0.343. The molecule has 0 aromatic heterocycles. The van der Waals surface area contributed by atoms with Crippen molar-refractivity contribution in [2.75, 3.05) is 26.7 Å². The Bertz CT molecular complexity index is 467. The number of nitrogens with two attached hydrogens (primary N) is 1. The minimum Gasteiger partial charge on any atom is -0.497 e. The Morgan fingerprint density at radius 2 is 1.78 bits per heavy atom. The Kier molecular flexibility index (Phi) is 5.96. The lowest BCUT2D eigenvalue weighted by atomic mass is 9.86. The highest BCUT2D eigenvalue weighted by Gasteiger charge is 2.27. The molecule has 3 heteroatoms. The number of benzene rings is 1. The minimum absolute atomic E-state index is 0.343. The summed E-state index contributed by atoms with van der Waals surface area (Å²) in [5, 5.41) is 0. The second-order valence-corrected chi connectivity index (χ2v) is 7.64. The van der Waals surface area contributed by atoms with Gasteiger partial charge in [0.15, 0.2) is 0 Å². The summed E-state index contributed by atoms with van der Waals surface area (Å²) in [6, 6.07) is 8.88. The highest BCUT2D eigenvalue weighted by Crippen LogP contribution is 2.27. The van der Waals surface area contributed by atoms with Gasteiger partial charge >= 0.3 is 0 Å². The van der Waals surface area contributed by atoms with Gasteiger partial charge in [-0.1, -0.05) is 31.4 Å². The molecule has 1 aliphatic carbocycles. The third-order valence-corrected chi connectivity index (χ3v) is 5.57. The second kappa shape index (κ2) is 8.16. The number of hydrogen-bond acceptors (Lipinski definition) is 3. The average molecular weight is 316 g/mol. The zero-order chi connectivity index (χ0) is 16.1. The number of nitrogens with zero attached hydrogens (tertiary/aromatic N) is 1. The zero-order valence-electron chi connectivity index (χ0n) is 14.5. The summed E-state index contributed by atoms with van der Waals surface area (Å²) < 4.78 is 5.25. The molecule has 1 aromatic rings. The molecule has 2 N–H and O–H groups in total. The molecule has 3 rings (SSSR count). The number of hydrogen-bond donors (Lipinski definition) is 1. The molecule has 0 amide bonds. The lowest BCUT2D eigenvalue weighted by Crippen LogP contribution is -2.49. The topological polar surface area (TPSA) is 38.5 Å². The SMILES string of the molecule is COc1ccc(CC2CC(N)CN(CC3CCCCC3)C2)cc1. The second-order valence-electron chi connectivity index (χ2n) is 7.64. The zero-order valence-corrected chi connectivity index (χ0v) is 14.5. The molecular weight excluding hydrogens is 284 g/mol. The molecule has 1 aromatic carbocycles. The summed E-state index contributed by atoms with van der Waals surface area (Å²) in [7, 11) is 1.72. The van der Waals surface area contributed by atoms with Crippen molar-refractivity contribution in [2.45, 2.75) is 51.0 Å². The fraction of sp³-hybridized carbons (Fsp3) is 0.700. The Morgan fingerprint density at radius 3 is 2.48 bits per heavy atom. The van der Waals surface area contributed by atoms with Crippen molar-refractivity contribution in [1.82, 2.24) is 4.90 Å². The summed E-state index contributed by atoms with van der Waals surface area (Å²) in [6.07, 6.45) is 9.45. The van der Waals surface area contributed by atoms with Crippen molar-refractivity contribution >= 4 is 0 Å². The maximum atomic E-state index is 6.36. The number of likely N-dealkylation sites (tertiary alicyclic amines) is 1. The molecular formula is C20H32N2O. The summed E-state index contributed by atoms with van der Waals surface area (Å²) in [5.74, 6) is 2.54. The number of ether oxygens (including phenoxy) is 1. The van der Waals surface area contributed by atoms with Gasteiger partial charge in [-0.3, -0.25) is 0 Å². The summed E-state index contributed by atoms with van der Waals surface area (Å²) in [6.45, 7) is 3.58. The van der Waals surface area contributed by atoms with Gasteiger partial charge in [-0.2, -0.15) is 0 Å². The molecule has 0 spiro atoms. The molecule has 3 nitrogen and oxygen atoms in total. The average Bonchev–Trinajstić information content (AvgIpc) is 2.56. The fourth-order valence-electron chi connectivity index (χ4n) is 4.48. The molecule has 1 aliphatic heterocycles. The Morgan fingerprint density at radius 1 is 1.04 bits per heavy atom. The molecule has 1 saturated heterocycles. The first-order valence-electron chi connectivity index (χ1n) is 9.34. The largest absolute Gasteiger partial charge is 0.497 e. The normalized spacial score (nSPS) is 27.0. The van der Waals surface area contributed by atoms with E-state index in [0.29, 0.717) is 12.0 Å². The molecule has 2 fully saturated rings. The van der Waals surface area contributed by atoms with Crippen LogP contribution < -0.4 is 10.5 Å². The van der Waals surface area contributed by atoms with Gasteiger partial charge < -0.3 is 15.4 Å². The van der Waals surface area contributed by atoms with E-state index in [1.807, 2.05) is 0 Å². The van der Waals surface area contributed by atoms with Gasteiger partial charge in [-0.05, 0) is 55.2 Å². The van der Waals surface area contributed by atoms with Crippen molar-refractivity contribution < 1.29 is 4.74 Å². The van der Waals surface area contributed by atoms with Crippen molar-refractivity contribution in [3.05, 3.63) is 29.8 Å². The Hall–Kier alpha value is -1.06. The molecule has 23 heavy (non-hydrogen) atoms. The van der Waals surface area contributed by atoms with Crippen LogP contribution in [0.25, 0.3) is 0 Å². The lowest BCUT2D eigenvalue weighted by molar-refractivity contribution is 0.124. The van der Waals surface area contributed by atoms with E-state index in [4.69, 9.17) is 10.5 Å². The summed E-state index contributed by atoms with van der Waals surface area (Å²) >= 11 is 0. The van der Waals surface area contributed by atoms with Crippen LogP contribution in [0.2, 0.25) is 0 Å². The van der Waals surface area contributed by atoms with Gasteiger partial charge in [-0.25, -0.2) is 0 Å². The van der Waals surface area contributed by atoms with Gasteiger partial charge in [0.1, 0.15) is 5.75 Å². The third-order valence-electron chi connectivity index (χ3n) is 5.57. The van der Waals surface area contributed by atoms with Crippen molar-refractivity contribution in [3.8, 4) is 5.75 Å². The maximum absolute atomic E-state index is 6.36. The van der Waals surface area contributed by atoms with Gasteiger partial charge in [0, 0.05) is 25.7 Å². The first kappa shape index (κ1) is 16.8. The van der Waals surface area contributed by atoms with Crippen molar-refractivity contribution in [1.29, 1.82) is 0 Å². The number of rotatable bonds is 5. The van der Waals surface area contributed by atoms with Gasteiger partial charge in [0.25, 0.3) is 0 Å². The first-order chi connectivity index (χ1) is 11.2. The van der Waals surface area contributed by atoms with Crippen LogP contribution in [-0.4, -0.2) is 37.7 Å². The summed E-state index contributed by atoms with van der Waals surface area (Å²) in [5.41, 5.74) is 7.76. The molecule has 0 radical (unpaired) electrons. The smallest absolute Gasteiger partial charge is 0.118 e. The van der Waals surface area contributed by atoms with E-state index in [1.165, 1.54) is 50.8 Å². The van der Waals surface area contributed by atoms with Crippen LogP contribution in [0.5, 0.6) is 5.75 Å².